The highest BCUT2D eigenvalue weighted by Gasteiger charge is 2.26. The van der Waals surface area contributed by atoms with Crippen LogP contribution >= 0.6 is 12.4 Å². The molecule has 4 heterocycles. The number of halogens is 1. The van der Waals surface area contributed by atoms with Gasteiger partial charge in [0.1, 0.15) is 11.2 Å². The fraction of sp³-hybridized carbons (Fsp3) is 0.294. The molecule has 3 aromatic heterocycles. The average Bonchev–Trinajstić information content (AvgIpc) is 3.29. The number of H-pyrrole nitrogens is 1. The third-order valence-corrected chi connectivity index (χ3v) is 4.86. The molecule has 1 fully saturated rings. The molecule has 0 radical (unpaired) electrons. The quantitative estimate of drug-likeness (QED) is 0.533. The maximum absolute atomic E-state index is 12.4. The molecule has 1 aliphatic heterocycles. The summed E-state index contributed by atoms with van der Waals surface area (Å²) in [5.74, 6) is 0.970. The smallest absolute Gasteiger partial charge is 0.263 e. The predicted molar refractivity (Wildman–Crippen MR) is 102 cm³/mol. The Bertz CT molecular complexity index is 1160. The molecule has 10 heteroatoms. The van der Waals surface area contributed by atoms with Crippen LogP contribution in [0.4, 0.5) is 0 Å². The number of fused-ring (bicyclic) bond motifs is 3. The second-order valence-electron chi connectivity index (χ2n) is 6.45. The first-order chi connectivity index (χ1) is 12.7. The highest BCUT2D eigenvalue weighted by atomic mass is 35.5. The molecule has 27 heavy (non-hydrogen) atoms. The standard InChI is InChI=1S/C17H17N7O2.ClH/c1-23-7-6-18-9-13(23)14-20-17(26-22-14)11-8-19-24-12-5-3-2-4-10(12)16(25)21-15(11)24;/h2-5,8,13,18H,6-7,9H2,1H3,(H,21,25);1H. The molecule has 4 aromatic rings. The number of piperazine rings is 1. The Morgan fingerprint density at radius 3 is 3.00 bits per heavy atom. The monoisotopic (exact) mass is 387 g/mol. The summed E-state index contributed by atoms with van der Waals surface area (Å²) in [6.45, 7) is 2.64. The number of hydrogen-bond acceptors (Lipinski definition) is 7. The average molecular weight is 388 g/mol. The van der Waals surface area contributed by atoms with E-state index in [0.717, 1.165) is 25.2 Å². The van der Waals surface area contributed by atoms with Gasteiger partial charge in [0.05, 0.1) is 23.1 Å². The minimum atomic E-state index is -0.175. The SMILES string of the molecule is CN1CCNCC1c1noc(-c2cnn3c2[nH]c(=O)c2ccccc23)n1.Cl. The van der Waals surface area contributed by atoms with Crippen LogP contribution in [0.1, 0.15) is 11.9 Å². The molecule has 0 amide bonds. The van der Waals surface area contributed by atoms with Crippen molar-refractivity contribution in [1.29, 1.82) is 0 Å². The van der Waals surface area contributed by atoms with Gasteiger partial charge in [-0.1, -0.05) is 17.3 Å². The van der Waals surface area contributed by atoms with Crippen molar-refractivity contribution in [2.75, 3.05) is 26.7 Å². The topological polar surface area (TPSA) is 104 Å². The van der Waals surface area contributed by atoms with Gasteiger partial charge in [0.25, 0.3) is 11.4 Å². The van der Waals surface area contributed by atoms with Crippen molar-refractivity contribution < 1.29 is 4.52 Å². The van der Waals surface area contributed by atoms with E-state index in [1.807, 2.05) is 25.2 Å². The number of para-hydroxylation sites is 1. The molecule has 140 valence electrons. The normalized spacial score (nSPS) is 18.0. The molecule has 0 bridgehead atoms. The first kappa shape index (κ1) is 17.7. The van der Waals surface area contributed by atoms with Crippen molar-refractivity contribution >= 4 is 29.0 Å². The van der Waals surface area contributed by atoms with Gasteiger partial charge in [0.15, 0.2) is 5.82 Å². The molecule has 0 spiro atoms. The van der Waals surface area contributed by atoms with Crippen LogP contribution in [-0.2, 0) is 0 Å². The summed E-state index contributed by atoms with van der Waals surface area (Å²) in [5.41, 5.74) is 1.70. The van der Waals surface area contributed by atoms with Crippen molar-refractivity contribution in [3.63, 3.8) is 0 Å². The van der Waals surface area contributed by atoms with Crippen molar-refractivity contribution in [3.8, 4) is 11.5 Å². The van der Waals surface area contributed by atoms with E-state index in [1.165, 1.54) is 0 Å². The number of benzene rings is 1. The molecule has 0 saturated carbocycles. The molecule has 1 saturated heterocycles. The van der Waals surface area contributed by atoms with Gasteiger partial charge in [-0.2, -0.15) is 10.1 Å². The summed E-state index contributed by atoms with van der Waals surface area (Å²) in [4.78, 5) is 22.0. The van der Waals surface area contributed by atoms with Gasteiger partial charge in [0, 0.05) is 19.6 Å². The lowest BCUT2D eigenvalue weighted by molar-refractivity contribution is 0.190. The van der Waals surface area contributed by atoms with Crippen LogP contribution in [0.3, 0.4) is 0 Å². The fourth-order valence-electron chi connectivity index (χ4n) is 3.41. The maximum atomic E-state index is 12.4. The Balaban J connectivity index is 0.00000180. The van der Waals surface area contributed by atoms with Crippen molar-refractivity contribution in [2.24, 2.45) is 0 Å². The van der Waals surface area contributed by atoms with Crippen LogP contribution in [-0.4, -0.2) is 56.3 Å². The molecule has 2 N–H and O–H groups in total. The van der Waals surface area contributed by atoms with Gasteiger partial charge in [-0.05, 0) is 19.2 Å². The zero-order valence-corrected chi connectivity index (χ0v) is 15.4. The van der Waals surface area contributed by atoms with E-state index < -0.39 is 0 Å². The molecule has 1 unspecified atom stereocenters. The lowest BCUT2D eigenvalue weighted by atomic mass is 10.2. The van der Waals surface area contributed by atoms with Crippen LogP contribution in [0.25, 0.3) is 28.0 Å². The van der Waals surface area contributed by atoms with E-state index in [9.17, 15) is 4.79 Å². The molecule has 5 rings (SSSR count). The fourth-order valence-corrected chi connectivity index (χ4v) is 3.41. The first-order valence-corrected chi connectivity index (χ1v) is 8.46. The highest BCUT2D eigenvalue weighted by molar-refractivity contribution is 5.85. The van der Waals surface area contributed by atoms with Crippen molar-refractivity contribution in [1.82, 2.24) is 35.0 Å². The molecule has 1 aromatic carbocycles. The van der Waals surface area contributed by atoms with E-state index in [4.69, 9.17) is 4.52 Å². The minimum absolute atomic E-state index is 0. The van der Waals surface area contributed by atoms with Gasteiger partial charge >= 0.3 is 0 Å². The molecule has 1 atom stereocenters. The van der Waals surface area contributed by atoms with Crippen LogP contribution in [0.5, 0.6) is 0 Å². The Morgan fingerprint density at radius 1 is 1.30 bits per heavy atom. The zero-order valence-electron chi connectivity index (χ0n) is 14.5. The van der Waals surface area contributed by atoms with E-state index in [0.29, 0.717) is 28.3 Å². The van der Waals surface area contributed by atoms with Gasteiger partial charge < -0.3 is 14.8 Å². The van der Waals surface area contributed by atoms with E-state index in [2.05, 4.69) is 30.4 Å². The number of nitrogens with zero attached hydrogens (tertiary/aromatic N) is 5. The van der Waals surface area contributed by atoms with Crippen LogP contribution < -0.4 is 10.9 Å². The number of likely N-dealkylation sites (N-methyl/N-ethyl adjacent to an activating group) is 1. The summed E-state index contributed by atoms with van der Waals surface area (Å²) in [6.07, 6.45) is 1.64. The minimum Gasteiger partial charge on any atom is -0.334 e. The summed E-state index contributed by atoms with van der Waals surface area (Å²) >= 11 is 0. The van der Waals surface area contributed by atoms with Crippen LogP contribution in [0.15, 0.2) is 39.8 Å². The van der Waals surface area contributed by atoms with Gasteiger partial charge in [-0.25, -0.2) is 4.52 Å². The Morgan fingerprint density at radius 2 is 2.15 bits per heavy atom. The second-order valence-corrected chi connectivity index (χ2v) is 6.45. The summed E-state index contributed by atoms with van der Waals surface area (Å²) in [6, 6.07) is 7.39. The summed E-state index contributed by atoms with van der Waals surface area (Å²) < 4.78 is 7.16. The maximum Gasteiger partial charge on any atom is 0.263 e. The largest absolute Gasteiger partial charge is 0.334 e. The number of rotatable bonds is 2. The second kappa shape index (κ2) is 6.76. The van der Waals surface area contributed by atoms with E-state index in [-0.39, 0.29) is 24.0 Å². The molecule has 0 aliphatic carbocycles. The van der Waals surface area contributed by atoms with Crippen LogP contribution in [0.2, 0.25) is 0 Å². The van der Waals surface area contributed by atoms with Gasteiger partial charge in [-0.15, -0.1) is 12.4 Å². The Hall–Kier alpha value is -2.75. The van der Waals surface area contributed by atoms with Crippen LogP contribution in [0, 0.1) is 0 Å². The molecule has 9 nitrogen and oxygen atoms in total. The highest BCUT2D eigenvalue weighted by Crippen LogP contribution is 2.25. The van der Waals surface area contributed by atoms with E-state index in [1.54, 1.807) is 16.8 Å². The predicted octanol–water partition coefficient (Wildman–Crippen LogP) is 1.22. The molecular weight excluding hydrogens is 370 g/mol. The van der Waals surface area contributed by atoms with Gasteiger partial charge in [0.2, 0.25) is 0 Å². The van der Waals surface area contributed by atoms with E-state index >= 15 is 0 Å². The van der Waals surface area contributed by atoms with Crippen molar-refractivity contribution in [2.45, 2.75) is 6.04 Å². The Kier molecular flexibility index (Phi) is 4.42. The third-order valence-electron chi connectivity index (χ3n) is 4.86. The molecule has 1 aliphatic rings. The number of nitrogens with one attached hydrogen (secondary N) is 2. The molecular formula is C17H18ClN7O2. The van der Waals surface area contributed by atoms with Gasteiger partial charge in [-0.3, -0.25) is 9.69 Å². The first-order valence-electron chi connectivity index (χ1n) is 8.46. The third kappa shape index (κ3) is 2.80. The zero-order chi connectivity index (χ0) is 17.7. The Labute approximate surface area is 159 Å². The summed E-state index contributed by atoms with van der Waals surface area (Å²) in [5, 5.41) is 12.5. The lowest BCUT2D eigenvalue weighted by Crippen LogP contribution is -2.44. The number of aromatic nitrogens is 5. The lowest BCUT2D eigenvalue weighted by Gasteiger charge is -2.30. The number of hydrogen-bond donors (Lipinski definition) is 2. The number of aromatic amines is 1. The summed E-state index contributed by atoms with van der Waals surface area (Å²) in [7, 11) is 2.04. The van der Waals surface area contributed by atoms with Crippen molar-refractivity contribution in [3.05, 3.63) is 46.6 Å².